The van der Waals surface area contributed by atoms with Crippen LogP contribution in [0.2, 0.25) is 0 Å². The molecule has 1 aliphatic heterocycles. The molecule has 0 aromatic rings. The first-order valence-electron chi connectivity index (χ1n) is 6.75. The molecule has 0 saturated carbocycles. The van der Waals surface area contributed by atoms with Crippen LogP contribution in [0, 0.1) is 5.41 Å². The first-order chi connectivity index (χ1) is 7.90. The summed E-state index contributed by atoms with van der Waals surface area (Å²) in [7, 11) is 1.77. The lowest BCUT2D eigenvalue weighted by molar-refractivity contribution is 0.0493. The van der Waals surface area contributed by atoms with E-state index in [2.05, 4.69) is 33.0 Å². The van der Waals surface area contributed by atoms with Crippen LogP contribution in [-0.2, 0) is 9.47 Å². The number of hydrogen-bond donors (Lipinski definition) is 1. The van der Waals surface area contributed by atoms with Gasteiger partial charge in [0.05, 0.1) is 6.10 Å². The lowest BCUT2D eigenvalue weighted by Gasteiger charge is -2.36. The molecule has 0 aromatic carbocycles. The average molecular weight is 243 g/mol. The quantitative estimate of drug-likeness (QED) is 0.727. The highest BCUT2D eigenvalue weighted by atomic mass is 16.5. The zero-order valence-electron chi connectivity index (χ0n) is 12.1. The highest BCUT2D eigenvalue weighted by molar-refractivity contribution is 4.92. The van der Waals surface area contributed by atoms with Crippen LogP contribution in [0.3, 0.4) is 0 Å². The van der Waals surface area contributed by atoms with E-state index in [1.165, 1.54) is 12.8 Å². The van der Waals surface area contributed by atoms with Gasteiger partial charge in [-0.25, -0.2) is 0 Å². The van der Waals surface area contributed by atoms with Crippen molar-refractivity contribution < 1.29 is 9.47 Å². The van der Waals surface area contributed by atoms with Gasteiger partial charge >= 0.3 is 0 Å². The maximum Gasteiger partial charge on any atom is 0.0616 e. The zero-order valence-corrected chi connectivity index (χ0v) is 12.1. The summed E-state index contributed by atoms with van der Waals surface area (Å²) < 4.78 is 10.9. The Morgan fingerprint density at radius 3 is 2.59 bits per heavy atom. The smallest absolute Gasteiger partial charge is 0.0616 e. The molecule has 1 heterocycles. The molecule has 1 N–H and O–H groups in total. The predicted octanol–water partition coefficient (Wildman–Crippen LogP) is 2.60. The van der Waals surface area contributed by atoms with E-state index in [9.17, 15) is 0 Å². The van der Waals surface area contributed by atoms with Crippen LogP contribution in [0.15, 0.2) is 0 Å². The van der Waals surface area contributed by atoms with Crippen molar-refractivity contribution in [1.82, 2.24) is 5.32 Å². The Labute approximate surface area is 106 Å². The van der Waals surface area contributed by atoms with Crippen molar-refractivity contribution >= 4 is 0 Å². The Morgan fingerprint density at radius 2 is 2.12 bits per heavy atom. The van der Waals surface area contributed by atoms with E-state index in [0.717, 1.165) is 26.2 Å². The summed E-state index contributed by atoms with van der Waals surface area (Å²) in [6.45, 7) is 11.7. The van der Waals surface area contributed by atoms with E-state index < -0.39 is 0 Å². The molecule has 0 radical (unpaired) electrons. The van der Waals surface area contributed by atoms with Crippen LogP contribution < -0.4 is 5.32 Å². The summed E-state index contributed by atoms with van der Waals surface area (Å²) in [4.78, 5) is 0. The monoisotopic (exact) mass is 243 g/mol. The molecule has 1 aliphatic rings. The SMILES string of the molecule is COCCCC1(CNC(C)(C)C)CCOC1C. The normalized spacial score (nSPS) is 29.8. The third-order valence-electron chi connectivity index (χ3n) is 3.82. The van der Waals surface area contributed by atoms with E-state index in [1.54, 1.807) is 7.11 Å². The third-order valence-corrected chi connectivity index (χ3v) is 3.82. The summed E-state index contributed by atoms with van der Waals surface area (Å²) in [5.41, 5.74) is 0.475. The summed E-state index contributed by atoms with van der Waals surface area (Å²) in [6, 6.07) is 0. The van der Waals surface area contributed by atoms with Gasteiger partial charge in [0.25, 0.3) is 0 Å². The Bertz CT molecular complexity index is 225. The van der Waals surface area contributed by atoms with E-state index in [4.69, 9.17) is 9.47 Å². The Morgan fingerprint density at radius 1 is 1.41 bits per heavy atom. The van der Waals surface area contributed by atoms with Crippen LogP contribution >= 0.6 is 0 Å². The van der Waals surface area contributed by atoms with Gasteiger partial charge in [0.1, 0.15) is 0 Å². The van der Waals surface area contributed by atoms with Crippen LogP contribution in [0.5, 0.6) is 0 Å². The average Bonchev–Trinajstić information content (AvgIpc) is 2.58. The molecule has 0 aliphatic carbocycles. The second kappa shape index (κ2) is 6.17. The van der Waals surface area contributed by atoms with Crippen LogP contribution in [-0.4, -0.2) is 38.5 Å². The minimum Gasteiger partial charge on any atom is -0.385 e. The fourth-order valence-electron chi connectivity index (χ4n) is 2.48. The van der Waals surface area contributed by atoms with E-state index in [1.807, 2.05) is 0 Å². The molecule has 17 heavy (non-hydrogen) atoms. The largest absolute Gasteiger partial charge is 0.385 e. The molecule has 1 rings (SSSR count). The molecular weight excluding hydrogens is 214 g/mol. The molecule has 0 aromatic heterocycles. The van der Waals surface area contributed by atoms with E-state index in [0.29, 0.717) is 11.5 Å². The number of hydrogen-bond acceptors (Lipinski definition) is 3. The summed E-state index contributed by atoms with van der Waals surface area (Å²) in [5, 5.41) is 3.64. The summed E-state index contributed by atoms with van der Waals surface area (Å²) in [5.74, 6) is 0. The minimum atomic E-state index is 0.177. The van der Waals surface area contributed by atoms with Gasteiger partial charge < -0.3 is 14.8 Å². The molecule has 2 unspecified atom stereocenters. The zero-order chi connectivity index (χ0) is 12.9. The second-order valence-corrected chi connectivity index (χ2v) is 6.33. The van der Waals surface area contributed by atoms with Crippen molar-refractivity contribution in [2.75, 3.05) is 26.9 Å². The molecule has 0 amide bonds. The molecular formula is C14H29NO2. The molecule has 1 saturated heterocycles. The number of nitrogens with one attached hydrogen (secondary N) is 1. The topological polar surface area (TPSA) is 30.5 Å². The molecule has 3 nitrogen and oxygen atoms in total. The van der Waals surface area contributed by atoms with Crippen molar-refractivity contribution in [1.29, 1.82) is 0 Å². The van der Waals surface area contributed by atoms with Crippen molar-refractivity contribution in [3.8, 4) is 0 Å². The fourth-order valence-corrected chi connectivity index (χ4v) is 2.48. The van der Waals surface area contributed by atoms with E-state index in [-0.39, 0.29) is 5.54 Å². The van der Waals surface area contributed by atoms with Gasteiger partial charge in [-0.2, -0.15) is 0 Å². The second-order valence-electron chi connectivity index (χ2n) is 6.33. The van der Waals surface area contributed by atoms with Gasteiger partial charge in [0, 0.05) is 37.8 Å². The summed E-state index contributed by atoms with van der Waals surface area (Å²) >= 11 is 0. The Hall–Kier alpha value is -0.120. The molecule has 102 valence electrons. The van der Waals surface area contributed by atoms with E-state index >= 15 is 0 Å². The van der Waals surface area contributed by atoms with Crippen LogP contribution in [0.1, 0.15) is 47.0 Å². The minimum absolute atomic E-state index is 0.177. The van der Waals surface area contributed by atoms with Gasteiger partial charge in [-0.05, 0) is 47.0 Å². The molecule has 0 spiro atoms. The number of methoxy groups -OCH3 is 1. The van der Waals surface area contributed by atoms with Gasteiger partial charge in [0.2, 0.25) is 0 Å². The first-order valence-corrected chi connectivity index (χ1v) is 6.75. The lowest BCUT2D eigenvalue weighted by Crippen LogP contribution is -2.46. The van der Waals surface area contributed by atoms with Gasteiger partial charge in [-0.3, -0.25) is 0 Å². The van der Waals surface area contributed by atoms with Crippen molar-refractivity contribution in [2.45, 2.75) is 58.6 Å². The van der Waals surface area contributed by atoms with Crippen molar-refractivity contribution in [3.63, 3.8) is 0 Å². The highest BCUT2D eigenvalue weighted by Crippen LogP contribution is 2.39. The molecule has 1 fully saturated rings. The summed E-state index contributed by atoms with van der Waals surface area (Å²) in [6.07, 6.45) is 3.83. The van der Waals surface area contributed by atoms with Gasteiger partial charge in [0.15, 0.2) is 0 Å². The predicted molar refractivity (Wildman–Crippen MR) is 71.3 cm³/mol. The maximum atomic E-state index is 5.78. The van der Waals surface area contributed by atoms with Gasteiger partial charge in [-0.1, -0.05) is 0 Å². The fraction of sp³-hybridized carbons (Fsp3) is 1.00. The standard InChI is InChI=1S/C14H29NO2/c1-12-14(8-10-17-12,7-6-9-16-5)11-15-13(2,3)4/h12,15H,6-11H2,1-5H3. The number of rotatable bonds is 6. The van der Waals surface area contributed by atoms with Crippen LogP contribution in [0.25, 0.3) is 0 Å². The molecule has 0 bridgehead atoms. The lowest BCUT2D eigenvalue weighted by atomic mass is 9.77. The molecule has 3 heteroatoms. The number of ether oxygens (including phenoxy) is 2. The van der Waals surface area contributed by atoms with Gasteiger partial charge in [-0.15, -0.1) is 0 Å². The Balaban J connectivity index is 2.53. The molecule has 2 atom stereocenters. The maximum absolute atomic E-state index is 5.78. The highest BCUT2D eigenvalue weighted by Gasteiger charge is 2.41. The van der Waals surface area contributed by atoms with Crippen LogP contribution in [0.4, 0.5) is 0 Å². The van der Waals surface area contributed by atoms with Crippen molar-refractivity contribution in [3.05, 3.63) is 0 Å². The third kappa shape index (κ3) is 4.57. The first kappa shape index (κ1) is 14.9. The Kier molecular flexibility index (Phi) is 5.42. The van der Waals surface area contributed by atoms with Crippen molar-refractivity contribution in [2.24, 2.45) is 5.41 Å².